The largest absolute Gasteiger partial charge is 0.368 e. The highest BCUT2D eigenvalue weighted by Crippen LogP contribution is 2.18. The molecule has 2 aromatic rings. The number of nitrogens with zero attached hydrogens (tertiary/aromatic N) is 2. The van der Waals surface area contributed by atoms with Crippen LogP contribution < -0.4 is 5.32 Å². The van der Waals surface area contributed by atoms with E-state index in [9.17, 15) is 9.59 Å². The van der Waals surface area contributed by atoms with Crippen molar-refractivity contribution in [3.05, 3.63) is 65.7 Å². The average molecular weight is 363 g/mol. The lowest BCUT2D eigenvalue weighted by Gasteiger charge is -2.20. The lowest BCUT2D eigenvalue weighted by molar-refractivity contribution is -0.124. The second-order valence-corrected chi connectivity index (χ2v) is 6.38. The zero-order valence-electron chi connectivity index (χ0n) is 14.9. The Hall–Kier alpha value is -3.17. The fraction of sp³-hybridized carbons (Fsp3) is 0.286. The van der Waals surface area contributed by atoms with Gasteiger partial charge in [0.1, 0.15) is 12.6 Å². The first-order valence-electron chi connectivity index (χ1n) is 8.90. The van der Waals surface area contributed by atoms with Crippen molar-refractivity contribution in [1.82, 2.24) is 4.90 Å². The highest BCUT2D eigenvalue weighted by Gasteiger charge is 2.24. The number of nitriles is 1. The van der Waals surface area contributed by atoms with Crippen LogP contribution in [0.3, 0.4) is 0 Å². The predicted octanol–water partition coefficient (Wildman–Crippen LogP) is 2.97. The average Bonchev–Trinajstić information content (AvgIpc) is 3.23. The summed E-state index contributed by atoms with van der Waals surface area (Å²) in [5, 5.41) is 11.9. The van der Waals surface area contributed by atoms with Crippen molar-refractivity contribution in [2.75, 3.05) is 18.5 Å². The second-order valence-electron chi connectivity index (χ2n) is 6.38. The van der Waals surface area contributed by atoms with E-state index in [0.29, 0.717) is 30.8 Å². The van der Waals surface area contributed by atoms with Crippen LogP contribution in [0.25, 0.3) is 0 Å². The number of hydrogen-bond donors (Lipinski definition) is 1. The standard InChI is InChI=1S/C21H21N3O3/c22-11-12-24(15-16-6-2-1-3-7-16)21(26)17-8-4-9-18(14-17)23-20(25)19-10-5-13-27-19/h1-4,6-9,14,19H,5,10,12-13,15H2,(H,23,25). The lowest BCUT2D eigenvalue weighted by Crippen LogP contribution is -2.31. The van der Waals surface area contributed by atoms with Crippen LogP contribution in [-0.2, 0) is 16.1 Å². The van der Waals surface area contributed by atoms with E-state index in [0.717, 1.165) is 12.0 Å². The summed E-state index contributed by atoms with van der Waals surface area (Å²) in [5.74, 6) is -0.455. The first kappa shape index (κ1) is 18.6. The second kappa shape index (κ2) is 8.97. The molecule has 138 valence electrons. The van der Waals surface area contributed by atoms with E-state index in [1.807, 2.05) is 36.4 Å². The summed E-state index contributed by atoms with van der Waals surface area (Å²) in [6.07, 6.45) is 1.15. The van der Waals surface area contributed by atoms with Crippen LogP contribution in [0, 0.1) is 11.3 Å². The number of ether oxygens (including phenoxy) is 1. The van der Waals surface area contributed by atoms with Gasteiger partial charge in [0, 0.05) is 24.4 Å². The van der Waals surface area contributed by atoms with Crippen LogP contribution in [0.5, 0.6) is 0 Å². The van der Waals surface area contributed by atoms with Gasteiger partial charge in [0.2, 0.25) is 0 Å². The van der Waals surface area contributed by atoms with E-state index in [1.165, 1.54) is 4.90 Å². The van der Waals surface area contributed by atoms with Crippen LogP contribution in [0.1, 0.15) is 28.8 Å². The zero-order valence-corrected chi connectivity index (χ0v) is 14.9. The van der Waals surface area contributed by atoms with Crippen molar-refractivity contribution >= 4 is 17.5 Å². The first-order valence-corrected chi connectivity index (χ1v) is 8.90. The van der Waals surface area contributed by atoms with Gasteiger partial charge in [0.05, 0.1) is 6.07 Å². The highest BCUT2D eigenvalue weighted by atomic mass is 16.5. The van der Waals surface area contributed by atoms with E-state index >= 15 is 0 Å². The quantitative estimate of drug-likeness (QED) is 0.800. The van der Waals surface area contributed by atoms with Gasteiger partial charge in [-0.1, -0.05) is 36.4 Å². The number of hydrogen-bond acceptors (Lipinski definition) is 4. The van der Waals surface area contributed by atoms with Crippen molar-refractivity contribution < 1.29 is 14.3 Å². The number of anilines is 1. The first-order chi connectivity index (χ1) is 13.2. The van der Waals surface area contributed by atoms with Gasteiger partial charge in [-0.15, -0.1) is 0 Å². The molecule has 1 atom stereocenters. The number of rotatable bonds is 6. The number of carbonyl (C=O) groups is 2. The minimum Gasteiger partial charge on any atom is -0.368 e. The molecule has 0 radical (unpaired) electrons. The van der Waals surface area contributed by atoms with Gasteiger partial charge in [-0.2, -0.15) is 5.26 Å². The topological polar surface area (TPSA) is 82.4 Å². The Morgan fingerprint density at radius 1 is 1.19 bits per heavy atom. The fourth-order valence-electron chi connectivity index (χ4n) is 3.01. The number of benzene rings is 2. The molecular formula is C21H21N3O3. The van der Waals surface area contributed by atoms with Crippen molar-refractivity contribution in [1.29, 1.82) is 5.26 Å². The van der Waals surface area contributed by atoms with Crippen LogP contribution in [-0.4, -0.2) is 36.0 Å². The Balaban J connectivity index is 1.72. The van der Waals surface area contributed by atoms with Crippen LogP contribution >= 0.6 is 0 Å². The molecular weight excluding hydrogens is 342 g/mol. The maximum absolute atomic E-state index is 12.9. The van der Waals surface area contributed by atoms with Crippen molar-refractivity contribution in [3.8, 4) is 6.07 Å². The summed E-state index contributed by atoms with van der Waals surface area (Å²) >= 11 is 0. The third kappa shape index (κ3) is 4.93. The molecule has 0 bridgehead atoms. The van der Waals surface area contributed by atoms with Crippen LogP contribution in [0.4, 0.5) is 5.69 Å². The lowest BCUT2D eigenvalue weighted by atomic mass is 10.1. The minimum atomic E-state index is -0.433. The molecule has 1 saturated heterocycles. The van der Waals surface area contributed by atoms with Gasteiger partial charge in [-0.25, -0.2) is 0 Å². The normalized spacial score (nSPS) is 15.7. The van der Waals surface area contributed by atoms with Gasteiger partial charge < -0.3 is 15.0 Å². The molecule has 1 aliphatic rings. The number of carbonyl (C=O) groups excluding carboxylic acids is 2. The number of amides is 2. The third-order valence-electron chi connectivity index (χ3n) is 4.36. The summed E-state index contributed by atoms with van der Waals surface area (Å²) in [6.45, 7) is 0.930. The van der Waals surface area contributed by atoms with Crippen molar-refractivity contribution in [3.63, 3.8) is 0 Å². The Morgan fingerprint density at radius 3 is 2.70 bits per heavy atom. The summed E-state index contributed by atoms with van der Waals surface area (Å²) in [6, 6.07) is 18.3. The molecule has 1 fully saturated rings. The molecule has 1 unspecified atom stereocenters. The summed E-state index contributed by atoms with van der Waals surface area (Å²) < 4.78 is 5.38. The van der Waals surface area contributed by atoms with Gasteiger partial charge in [0.25, 0.3) is 11.8 Å². The Bertz CT molecular complexity index is 839. The summed E-state index contributed by atoms with van der Waals surface area (Å²) in [7, 11) is 0. The molecule has 6 nitrogen and oxygen atoms in total. The molecule has 1 N–H and O–H groups in total. The molecule has 27 heavy (non-hydrogen) atoms. The van der Waals surface area contributed by atoms with Crippen LogP contribution in [0.15, 0.2) is 54.6 Å². The fourth-order valence-corrected chi connectivity index (χ4v) is 3.01. The SMILES string of the molecule is N#CCN(Cc1ccccc1)C(=O)c1cccc(NC(=O)C2CCCO2)c1. The summed E-state index contributed by atoms with van der Waals surface area (Å²) in [5.41, 5.74) is 1.91. The van der Waals surface area contributed by atoms with E-state index in [4.69, 9.17) is 10.00 Å². The molecule has 2 amide bonds. The van der Waals surface area contributed by atoms with E-state index < -0.39 is 6.10 Å². The Morgan fingerprint density at radius 2 is 2.00 bits per heavy atom. The molecule has 1 heterocycles. The molecule has 6 heteroatoms. The zero-order chi connectivity index (χ0) is 19.1. The van der Waals surface area contributed by atoms with Crippen molar-refractivity contribution in [2.24, 2.45) is 0 Å². The van der Waals surface area contributed by atoms with E-state index in [-0.39, 0.29) is 18.4 Å². The molecule has 0 saturated carbocycles. The third-order valence-corrected chi connectivity index (χ3v) is 4.36. The maximum Gasteiger partial charge on any atom is 0.255 e. The van der Waals surface area contributed by atoms with Gasteiger partial charge in [-0.3, -0.25) is 9.59 Å². The smallest absolute Gasteiger partial charge is 0.255 e. The molecule has 2 aromatic carbocycles. The van der Waals surface area contributed by atoms with Gasteiger partial charge in [-0.05, 0) is 36.6 Å². The summed E-state index contributed by atoms with van der Waals surface area (Å²) in [4.78, 5) is 26.6. The molecule has 0 aromatic heterocycles. The van der Waals surface area contributed by atoms with Gasteiger partial charge >= 0.3 is 0 Å². The maximum atomic E-state index is 12.9. The number of nitrogens with one attached hydrogen (secondary N) is 1. The minimum absolute atomic E-state index is 0.0137. The van der Waals surface area contributed by atoms with E-state index in [1.54, 1.807) is 24.3 Å². The van der Waals surface area contributed by atoms with Crippen molar-refractivity contribution in [2.45, 2.75) is 25.5 Å². The predicted molar refractivity (Wildman–Crippen MR) is 101 cm³/mol. The molecule has 0 spiro atoms. The Kier molecular flexibility index (Phi) is 6.18. The molecule has 3 rings (SSSR count). The van der Waals surface area contributed by atoms with Crippen LogP contribution in [0.2, 0.25) is 0 Å². The Labute approximate surface area is 158 Å². The molecule has 0 aliphatic carbocycles. The highest BCUT2D eigenvalue weighted by molar-refractivity contribution is 5.98. The molecule has 1 aliphatic heterocycles. The van der Waals surface area contributed by atoms with E-state index in [2.05, 4.69) is 5.32 Å². The van der Waals surface area contributed by atoms with Gasteiger partial charge in [0.15, 0.2) is 0 Å². The monoisotopic (exact) mass is 363 g/mol.